The van der Waals surface area contributed by atoms with Gasteiger partial charge in [0, 0.05) is 24.6 Å². The van der Waals surface area contributed by atoms with Crippen LogP contribution in [0.2, 0.25) is 0 Å². The van der Waals surface area contributed by atoms with Crippen LogP contribution in [0, 0.1) is 0 Å². The maximum absolute atomic E-state index is 12.7. The van der Waals surface area contributed by atoms with E-state index in [4.69, 9.17) is 0 Å². The monoisotopic (exact) mass is 388 g/mol. The van der Waals surface area contributed by atoms with E-state index in [1.165, 1.54) is 6.33 Å². The van der Waals surface area contributed by atoms with Crippen molar-refractivity contribution in [2.45, 2.75) is 30.3 Å². The summed E-state index contributed by atoms with van der Waals surface area (Å²) in [7, 11) is -3.38. The molecule has 0 atom stereocenters. The fourth-order valence-electron chi connectivity index (χ4n) is 2.78. The lowest BCUT2D eigenvalue weighted by Crippen LogP contribution is -2.33. The number of phenols is 1. The average Bonchev–Trinajstić information content (AvgIpc) is 3.29. The second kappa shape index (κ2) is 5.83. The van der Waals surface area contributed by atoms with Crippen molar-refractivity contribution in [2.24, 2.45) is 0 Å². The fourth-order valence-corrected chi connectivity index (χ4v) is 4.00. The fraction of sp³-hybridized carbons (Fsp3) is 0.375. The molecule has 26 heavy (non-hydrogen) atoms. The zero-order chi connectivity index (χ0) is 19.3. The largest absolute Gasteiger partial charge is 0.507 e. The third-order valence-electron chi connectivity index (χ3n) is 4.57. The molecule has 3 rings (SSSR count). The van der Waals surface area contributed by atoms with Crippen LogP contribution < -0.4 is 5.56 Å². The number of hydrogen-bond donors (Lipinski definition) is 1. The summed E-state index contributed by atoms with van der Waals surface area (Å²) in [5.41, 5.74) is -1.89. The van der Waals surface area contributed by atoms with Gasteiger partial charge in [-0.15, -0.1) is 0 Å². The molecule has 1 aromatic heterocycles. The van der Waals surface area contributed by atoms with E-state index in [0.29, 0.717) is 18.9 Å². The molecular weight excluding hydrogens is 373 g/mol. The van der Waals surface area contributed by atoms with Crippen LogP contribution in [0.5, 0.6) is 5.75 Å². The van der Waals surface area contributed by atoms with Gasteiger partial charge in [0.25, 0.3) is 5.56 Å². The van der Waals surface area contributed by atoms with Crippen molar-refractivity contribution in [1.29, 1.82) is 0 Å². The predicted octanol–water partition coefficient (Wildman–Crippen LogP) is 2.21. The molecule has 1 heterocycles. The molecule has 1 aromatic carbocycles. The van der Waals surface area contributed by atoms with Crippen LogP contribution in [0.25, 0.3) is 11.1 Å². The summed E-state index contributed by atoms with van der Waals surface area (Å²) in [5.74, 6) is -0.708. The van der Waals surface area contributed by atoms with Gasteiger partial charge in [0.2, 0.25) is 0 Å². The Balaban J connectivity index is 2.02. The number of benzene rings is 1. The maximum atomic E-state index is 12.7. The highest BCUT2D eigenvalue weighted by molar-refractivity contribution is 7.92. The smallest absolute Gasteiger partial charge is 0.416 e. The van der Waals surface area contributed by atoms with E-state index in [0.717, 1.165) is 29.2 Å². The molecule has 0 unspecified atom stereocenters. The van der Waals surface area contributed by atoms with Crippen LogP contribution in [0.15, 0.2) is 35.5 Å². The summed E-state index contributed by atoms with van der Waals surface area (Å²) in [5, 5.41) is 9.93. The Morgan fingerprint density at radius 1 is 1.27 bits per heavy atom. The predicted molar refractivity (Wildman–Crippen MR) is 87.4 cm³/mol. The molecule has 0 bridgehead atoms. The Kier molecular flexibility index (Phi) is 4.13. The summed E-state index contributed by atoms with van der Waals surface area (Å²) in [6.07, 6.45) is -0.371. The Morgan fingerprint density at radius 2 is 1.92 bits per heavy atom. The third kappa shape index (κ3) is 3.20. The van der Waals surface area contributed by atoms with Gasteiger partial charge in [-0.2, -0.15) is 13.2 Å². The quantitative estimate of drug-likeness (QED) is 0.868. The lowest BCUT2D eigenvalue weighted by atomic mass is 10.0. The highest BCUT2D eigenvalue weighted by Gasteiger charge is 2.52. The zero-order valence-electron chi connectivity index (χ0n) is 13.6. The van der Waals surface area contributed by atoms with Gasteiger partial charge >= 0.3 is 6.18 Å². The molecule has 1 fully saturated rings. The Bertz CT molecular complexity index is 1020. The van der Waals surface area contributed by atoms with Crippen LogP contribution in [-0.4, -0.2) is 34.1 Å². The van der Waals surface area contributed by atoms with Crippen molar-refractivity contribution in [1.82, 2.24) is 9.55 Å². The molecule has 0 amide bonds. The number of alkyl halides is 3. The highest BCUT2D eigenvalue weighted by Crippen LogP contribution is 2.44. The SMILES string of the molecule is CS(=O)(=O)C1(Cn2cncc(-c3ccc(C(F)(F)F)cc3O)c2=O)CC1. The van der Waals surface area contributed by atoms with Crippen LogP contribution in [0.1, 0.15) is 18.4 Å². The van der Waals surface area contributed by atoms with Crippen LogP contribution in [0.4, 0.5) is 13.2 Å². The molecule has 1 N–H and O–H groups in total. The van der Waals surface area contributed by atoms with Crippen LogP contribution in [-0.2, 0) is 22.6 Å². The number of rotatable bonds is 4. The standard InChI is InChI=1S/C16H15F3N2O4S/c1-26(24,25)15(4-5-15)8-21-9-20-7-12(14(21)23)11-3-2-10(6-13(11)22)16(17,18)19/h2-3,6-7,9,22H,4-5,8H2,1H3. The van der Waals surface area contributed by atoms with E-state index in [2.05, 4.69) is 4.98 Å². The molecular formula is C16H15F3N2O4S. The van der Waals surface area contributed by atoms with Gasteiger partial charge in [-0.3, -0.25) is 9.36 Å². The molecule has 0 aliphatic heterocycles. The van der Waals surface area contributed by atoms with Crippen molar-refractivity contribution in [3.05, 3.63) is 46.6 Å². The molecule has 140 valence electrons. The first kappa shape index (κ1) is 18.4. The lowest BCUT2D eigenvalue weighted by Gasteiger charge is -2.15. The van der Waals surface area contributed by atoms with E-state index in [1.807, 2.05) is 0 Å². The maximum Gasteiger partial charge on any atom is 0.416 e. The molecule has 1 aliphatic carbocycles. The van der Waals surface area contributed by atoms with E-state index in [1.54, 1.807) is 0 Å². The molecule has 0 spiro atoms. The van der Waals surface area contributed by atoms with Gasteiger partial charge in [-0.25, -0.2) is 13.4 Å². The van der Waals surface area contributed by atoms with Gasteiger partial charge in [0.1, 0.15) is 5.75 Å². The Labute approximate surface area is 146 Å². The minimum absolute atomic E-state index is 0.0904. The Hall–Kier alpha value is -2.36. The lowest BCUT2D eigenvalue weighted by molar-refractivity contribution is -0.137. The van der Waals surface area contributed by atoms with Crippen molar-refractivity contribution < 1.29 is 26.7 Å². The molecule has 1 aliphatic rings. The number of aromatic hydroxyl groups is 1. The summed E-state index contributed by atoms with van der Waals surface area (Å²) in [6, 6.07) is 2.28. The molecule has 0 saturated heterocycles. The van der Waals surface area contributed by atoms with E-state index in [-0.39, 0.29) is 17.7 Å². The van der Waals surface area contributed by atoms with E-state index in [9.17, 15) is 31.5 Å². The first-order valence-corrected chi connectivity index (χ1v) is 9.48. The van der Waals surface area contributed by atoms with Crippen molar-refractivity contribution >= 4 is 9.84 Å². The number of phenolic OH excluding ortho intramolecular Hbond substituents is 1. The van der Waals surface area contributed by atoms with Gasteiger partial charge < -0.3 is 5.11 Å². The molecule has 6 nitrogen and oxygen atoms in total. The second-order valence-corrected chi connectivity index (χ2v) is 8.84. The van der Waals surface area contributed by atoms with Gasteiger partial charge in [-0.1, -0.05) is 0 Å². The minimum atomic E-state index is -4.63. The van der Waals surface area contributed by atoms with Crippen LogP contribution >= 0.6 is 0 Å². The number of nitrogens with zero attached hydrogens (tertiary/aromatic N) is 2. The number of halogens is 3. The van der Waals surface area contributed by atoms with Crippen molar-refractivity contribution in [3.63, 3.8) is 0 Å². The third-order valence-corrected chi connectivity index (χ3v) is 6.68. The summed E-state index contributed by atoms with van der Waals surface area (Å²) in [4.78, 5) is 16.5. The molecule has 10 heteroatoms. The number of hydrogen-bond acceptors (Lipinski definition) is 5. The van der Waals surface area contributed by atoms with Gasteiger partial charge in [-0.05, 0) is 31.0 Å². The minimum Gasteiger partial charge on any atom is -0.507 e. The highest BCUT2D eigenvalue weighted by atomic mass is 32.2. The summed E-state index contributed by atoms with van der Waals surface area (Å²) in [6.45, 7) is -0.0904. The van der Waals surface area contributed by atoms with E-state index < -0.39 is 37.6 Å². The number of sulfone groups is 1. The van der Waals surface area contributed by atoms with Crippen molar-refractivity contribution in [3.8, 4) is 16.9 Å². The average molecular weight is 388 g/mol. The first-order valence-electron chi connectivity index (χ1n) is 7.59. The molecule has 2 aromatic rings. The van der Waals surface area contributed by atoms with Crippen molar-refractivity contribution in [2.75, 3.05) is 6.26 Å². The molecule has 0 radical (unpaired) electrons. The summed E-state index contributed by atoms with van der Waals surface area (Å²) < 4.78 is 62.0. The number of aromatic nitrogens is 2. The second-order valence-electron chi connectivity index (χ2n) is 6.43. The normalized spacial score (nSPS) is 16.5. The molecule has 1 saturated carbocycles. The van der Waals surface area contributed by atoms with Gasteiger partial charge in [0.15, 0.2) is 9.84 Å². The van der Waals surface area contributed by atoms with Crippen LogP contribution in [0.3, 0.4) is 0 Å². The Morgan fingerprint density at radius 3 is 2.42 bits per heavy atom. The zero-order valence-corrected chi connectivity index (χ0v) is 14.4. The topological polar surface area (TPSA) is 89.3 Å². The summed E-state index contributed by atoms with van der Waals surface area (Å²) >= 11 is 0. The van der Waals surface area contributed by atoms with E-state index >= 15 is 0 Å². The van der Waals surface area contributed by atoms with Gasteiger partial charge in [0.05, 0.1) is 22.2 Å². The first-order chi connectivity index (χ1) is 11.9.